The van der Waals surface area contributed by atoms with E-state index in [2.05, 4.69) is 29.6 Å². The van der Waals surface area contributed by atoms with Crippen LogP contribution in [0.4, 0.5) is 4.79 Å². The predicted octanol–water partition coefficient (Wildman–Crippen LogP) is 5.93. The predicted molar refractivity (Wildman–Crippen MR) is 130 cm³/mol. The monoisotopic (exact) mass is 435 g/mol. The first-order valence-electron chi connectivity index (χ1n) is 11.1. The highest BCUT2D eigenvalue weighted by Crippen LogP contribution is 2.44. The molecule has 0 fully saturated rings. The van der Waals surface area contributed by atoms with Crippen molar-refractivity contribution in [3.05, 3.63) is 120 Å². The molecular weight excluding hydrogens is 410 g/mol. The molecule has 1 aliphatic rings. The number of aliphatic hydroxyl groups is 1. The summed E-state index contributed by atoms with van der Waals surface area (Å²) in [5.74, 6) is 0.0126. The van der Waals surface area contributed by atoms with E-state index in [0.29, 0.717) is 0 Å². The van der Waals surface area contributed by atoms with Gasteiger partial charge in [0.25, 0.3) is 0 Å². The highest BCUT2D eigenvalue weighted by molar-refractivity contribution is 5.79. The number of hydrogen-bond donors (Lipinski definition) is 2. The molecular formula is C29H25NO3. The Morgan fingerprint density at radius 3 is 1.94 bits per heavy atom. The average molecular weight is 436 g/mol. The number of alkyl carbamates (subject to hydrolysis) is 1. The lowest BCUT2D eigenvalue weighted by Crippen LogP contribution is -2.30. The summed E-state index contributed by atoms with van der Waals surface area (Å²) in [6.07, 6.45) is -1.34. The minimum Gasteiger partial charge on any atom is -0.449 e. The summed E-state index contributed by atoms with van der Waals surface area (Å²) in [6, 6.07) is 34.2. The minimum atomic E-state index is -0.810. The Bertz CT molecular complexity index is 1210. The van der Waals surface area contributed by atoms with Gasteiger partial charge in [0.15, 0.2) is 0 Å². The van der Waals surface area contributed by atoms with Crippen LogP contribution in [-0.4, -0.2) is 24.4 Å². The SMILES string of the molecule is O=C(NCC(O)c1ccc(-c2ccccc2)cc1)OCC1c2ccccc2-c2ccccc21. The lowest BCUT2D eigenvalue weighted by atomic mass is 9.98. The van der Waals surface area contributed by atoms with Gasteiger partial charge in [0.05, 0.1) is 12.6 Å². The number of benzene rings is 4. The first kappa shape index (κ1) is 21.0. The summed E-state index contributed by atoms with van der Waals surface area (Å²) < 4.78 is 5.54. The molecule has 4 heteroatoms. The van der Waals surface area contributed by atoms with Crippen LogP contribution in [-0.2, 0) is 4.74 Å². The van der Waals surface area contributed by atoms with Crippen LogP contribution in [0.1, 0.15) is 28.7 Å². The van der Waals surface area contributed by atoms with Crippen molar-refractivity contribution >= 4 is 6.09 Å². The molecule has 4 nitrogen and oxygen atoms in total. The molecule has 4 aromatic rings. The van der Waals surface area contributed by atoms with Gasteiger partial charge in [-0.3, -0.25) is 0 Å². The maximum Gasteiger partial charge on any atom is 0.407 e. The number of amides is 1. The van der Waals surface area contributed by atoms with Gasteiger partial charge in [-0.05, 0) is 38.9 Å². The summed E-state index contributed by atoms with van der Waals surface area (Å²) in [5.41, 5.74) is 7.67. The summed E-state index contributed by atoms with van der Waals surface area (Å²) in [6.45, 7) is 0.336. The smallest absolute Gasteiger partial charge is 0.407 e. The van der Waals surface area contributed by atoms with Crippen molar-refractivity contribution in [2.45, 2.75) is 12.0 Å². The van der Waals surface area contributed by atoms with Crippen LogP contribution in [0.25, 0.3) is 22.3 Å². The molecule has 0 aliphatic heterocycles. The van der Waals surface area contributed by atoms with E-state index in [-0.39, 0.29) is 19.1 Å². The van der Waals surface area contributed by atoms with Crippen LogP contribution in [0.15, 0.2) is 103 Å². The van der Waals surface area contributed by atoms with Gasteiger partial charge in [-0.1, -0.05) is 103 Å². The Labute approximate surface area is 193 Å². The number of rotatable bonds is 6. The van der Waals surface area contributed by atoms with Gasteiger partial charge >= 0.3 is 6.09 Å². The first-order valence-corrected chi connectivity index (χ1v) is 11.1. The van der Waals surface area contributed by atoms with Gasteiger partial charge in [-0.2, -0.15) is 0 Å². The number of nitrogens with one attached hydrogen (secondary N) is 1. The summed E-state index contributed by atoms with van der Waals surface area (Å²) in [4.78, 5) is 12.4. The van der Waals surface area contributed by atoms with Crippen molar-refractivity contribution in [3.63, 3.8) is 0 Å². The van der Waals surface area contributed by atoms with Crippen molar-refractivity contribution in [2.75, 3.05) is 13.2 Å². The normalized spacial score (nSPS) is 13.1. The number of hydrogen-bond acceptors (Lipinski definition) is 3. The summed E-state index contributed by atoms with van der Waals surface area (Å²) in [5, 5.41) is 13.2. The van der Waals surface area contributed by atoms with E-state index in [1.807, 2.05) is 78.9 Å². The Kier molecular flexibility index (Phi) is 5.92. The van der Waals surface area contributed by atoms with Crippen LogP contribution >= 0.6 is 0 Å². The molecule has 1 amide bonds. The van der Waals surface area contributed by atoms with E-state index < -0.39 is 12.2 Å². The molecule has 0 radical (unpaired) electrons. The van der Waals surface area contributed by atoms with Crippen molar-refractivity contribution in [3.8, 4) is 22.3 Å². The van der Waals surface area contributed by atoms with E-state index in [1.165, 1.54) is 22.3 Å². The molecule has 0 spiro atoms. The molecule has 33 heavy (non-hydrogen) atoms. The Morgan fingerprint density at radius 2 is 1.30 bits per heavy atom. The third-order valence-electron chi connectivity index (χ3n) is 6.19. The molecule has 1 aliphatic carbocycles. The second kappa shape index (κ2) is 9.31. The van der Waals surface area contributed by atoms with E-state index in [9.17, 15) is 9.90 Å². The summed E-state index contributed by atoms with van der Waals surface area (Å²) >= 11 is 0. The van der Waals surface area contributed by atoms with Gasteiger partial charge in [-0.25, -0.2) is 4.79 Å². The van der Waals surface area contributed by atoms with Gasteiger partial charge in [0.2, 0.25) is 0 Å². The van der Waals surface area contributed by atoms with Gasteiger partial charge < -0.3 is 15.2 Å². The molecule has 5 rings (SSSR count). The molecule has 164 valence electrons. The number of aliphatic hydroxyl groups excluding tert-OH is 1. The topological polar surface area (TPSA) is 58.6 Å². The number of fused-ring (bicyclic) bond motifs is 3. The zero-order valence-corrected chi connectivity index (χ0v) is 18.1. The number of ether oxygens (including phenoxy) is 1. The number of carbonyl (C=O) groups excluding carboxylic acids is 1. The Balaban J connectivity index is 1.17. The fourth-order valence-corrected chi connectivity index (χ4v) is 4.48. The largest absolute Gasteiger partial charge is 0.449 e. The molecule has 1 unspecified atom stereocenters. The van der Waals surface area contributed by atoms with E-state index in [4.69, 9.17) is 4.74 Å². The lowest BCUT2D eigenvalue weighted by Gasteiger charge is -2.16. The van der Waals surface area contributed by atoms with Crippen LogP contribution in [0.3, 0.4) is 0 Å². The van der Waals surface area contributed by atoms with E-state index >= 15 is 0 Å². The molecule has 0 aromatic heterocycles. The lowest BCUT2D eigenvalue weighted by molar-refractivity contribution is 0.128. The highest BCUT2D eigenvalue weighted by Gasteiger charge is 2.29. The summed E-state index contributed by atoms with van der Waals surface area (Å²) in [7, 11) is 0. The standard InChI is InChI=1S/C29H25NO3/c31-28(22-16-14-21(15-17-22)20-8-2-1-3-9-20)18-30-29(32)33-19-27-25-12-6-4-10-23(25)24-11-5-7-13-26(24)27/h1-17,27-28,31H,18-19H2,(H,30,32). The van der Waals surface area contributed by atoms with Crippen molar-refractivity contribution < 1.29 is 14.6 Å². The van der Waals surface area contributed by atoms with Crippen molar-refractivity contribution in [2.24, 2.45) is 0 Å². The molecule has 2 N–H and O–H groups in total. The third-order valence-corrected chi connectivity index (χ3v) is 6.19. The van der Waals surface area contributed by atoms with Gasteiger partial charge in [0, 0.05) is 5.92 Å². The Morgan fingerprint density at radius 1 is 0.758 bits per heavy atom. The number of carbonyl (C=O) groups is 1. The average Bonchev–Trinajstić information content (AvgIpc) is 3.20. The second-order valence-corrected chi connectivity index (χ2v) is 8.21. The molecule has 0 heterocycles. The molecule has 0 saturated carbocycles. The quantitative estimate of drug-likeness (QED) is 0.395. The fraction of sp³-hybridized carbons (Fsp3) is 0.138. The highest BCUT2D eigenvalue weighted by atomic mass is 16.5. The zero-order chi connectivity index (χ0) is 22.6. The Hall–Kier alpha value is -3.89. The van der Waals surface area contributed by atoms with Crippen LogP contribution in [0.2, 0.25) is 0 Å². The fourth-order valence-electron chi connectivity index (χ4n) is 4.48. The molecule has 0 bridgehead atoms. The van der Waals surface area contributed by atoms with E-state index in [1.54, 1.807) is 0 Å². The van der Waals surface area contributed by atoms with Gasteiger partial charge in [0.1, 0.15) is 6.61 Å². The molecule has 1 atom stereocenters. The van der Waals surface area contributed by atoms with Gasteiger partial charge in [-0.15, -0.1) is 0 Å². The maximum absolute atomic E-state index is 12.4. The van der Waals surface area contributed by atoms with E-state index in [0.717, 1.165) is 16.7 Å². The molecule has 0 saturated heterocycles. The first-order chi connectivity index (χ1) is 16.2. The zero-order valence-electron chi connectivity index (χ0n) is 18.1. The maximum atomic E-state index is 12.4. The van der Waals surface area contributed by atoms with Crippen LogP contribution < -0.4 is 5.32 Å². The molecule has 4 aromatic carbocycles. The van der Waals surface area contributed by atoms with Crippen LogP contribution in [0.5, 0.6) is 0 Å². The third kappa shape index (κ3) is 4.38. The minimum absolute atomic E-state index is 0.0126. The van der Waals surface area contributed by atoms with Crippen molar-refractivity contribution in [1.29, 1.82) is 0 Å². The van der Waals surface area contributed by atoms with Crippen LogP contribution in [0, 0.1) is 0 Å². The second-order valence-electron chi connectivity index (χ2n) is 8.21. The van der Waals surface area contributed by atoms with Crippen molar-refractivity contribution in [1.82, 2.24) is 5.32 Å².